The SMILES string of the molecule is Cc1ccc(C)c(Cn2c(C3CC(=O)N(c4ccc5c(c4)OCCO5)C3)nc3ccccc32)c1. The Hall–Kier alpha value is -3.80. The van der Waals surface area contributed by atoms with Crippen molar-refractivity contribution in [1.29, 1.82) is 0 Å². The zero-order valence-electron chi connectivity index (χ0n) is 19.5. The van der Waals surface area contributed by atoms with Crippen LogP contribution < -0.4 is 14.4 Å². The van der Waals surface area contributed by atoms with E-state index in [1.807, 2.05) is 35.2 Å². The third-order valence-corrected chi connectivity index (χ3v) is 6.84. The first-order valence-corrected chi connectivity index (χ1v) is 11.8. The van der Waals surface area contributed by atoms with Gasteiger partial charge in [0.1, 0.15) is 19.0 Å². The molecule has 0 aliphatic carbocycles. The average molecular weight is 454 g/mol. The first-order valence-electron chi connectivity index (χ1n) is 11.8. The highest BCUT2D eigenvalue weighted by atomic mass is 16.6. The van der Waals surface area contributed by atoms with Crippen LogP contribution in [-0.2, 0) is 11.3 Å². The summed E-state index contributed by atoms with van der Waals surface area (Å²) in [6, 6.07) is 20.5. The molecule has 0 radical (unpaired) electrons. The van der Waals surface area contributed by atoms with Gasteiger partial charge >= 0.3 is 0 Å². The van der Waals surface area contributed by atoms with E-state index in [0.717, 1.165) is 34.8 Å². The number of ether oxygens (including phenoxy) is 2. The number of carbonyl (C=O) groups excluding carboxylic acids is 1. The fourth-order valence-electron chi connectivity index (χ4n) is 5.04. The molecule has 6 heteroatoms. The van der Waals surface area contributed by atoms with E-state index in [4.69, 9.17) is 14.5 Å². The Kier molecular flexibility index (Phi) is 5.01. The molecule has 1 saturated heterocycles. The van der Waals surface area contributed by atoms with E-state index in [9.17, 15) is 4.79 Å². The van der Waals surface area contributed by atoms with Gasteiger partial charge in [0.2, 0.25) is 5.91 Å². The Bertz CT molecular complexity index is 1410. The molecule has 172 valence electrons. The van der Waals surface area contributed by atoms with Crippen molar-refractivity contribution in [2.75, 3.05) is 24.7 Å². The fraction of sp³-hybridized carbons (Fsp3) is 0.286. The lowest BCUT2D eigenvalue weighted by molar-refractivity contribution is -0.117. The second kappa shape index (κ2) is 8.20. The minimum atomic E-state index is 0.0122. The minimum Gasteiger partial charge on any atom is -0.486 e. The Balaban J connectivity index is 1.36. The van der Waals surface area contributed by atoms with Crippen LogP contribution in [0.5, 0.6) is 11.5 Å². The predicted octanol–water partition coefficient (Wildman–Crippen LogP) is 4.99. The summed E-state index contributed by atoms with van der Waals surface area (Å²) in [4.78, 5) is 20.0. The number of nitrogens with zero attached hydrogens (tertiary/aromatic N) is 3. The van der Waals surface area contributed by atoms with Gasteiger partial charge in [-0.2, -0.15) is 0 Å². The number of hydrogen-bond donors (Lipinski definition) is 0. The molecule has 0 spiro atoms. The van der Waals surface area contributed by atoms with Crippen LogP contribution >= 0.6 is 0 Å². The Morgan fingerprint density at radius 3 is 2.68 bits per heavy atom. The lowest BCUT2D eigenvalue weighted by atomic mass is 10.0. The lowest BCUT2D eigenvalue weighted by Crippen LogP contribution is -2.25. The molecular weight excluding hydrogens is 426 g/mol. The van der Waals surface area contributed by atoms with Crippen LogP contribution in [0.1, 0.15) is 34.9 Å². The zero-order chi connectivity index (χ0) is 23.2. The summed E-state index contributed by atoms with van der Waals surface area (Å²) in [5.74, 6) is 2.51. The highest BCUT2D eigenvalue weighted by Crippen LogP contribution is 2.38. The minimum absolute atomic E-state index is 0.0122. The maximum absolute atomic E-state index is 13.1. The highest BCUT2D eigenvalue weighted by Gasteiger charge is 2.35. The topological polar surface area (TPSA) is 56.6 Å². The zero-order valence-corrected chi connectivity index (χ0v) is 19.5. The molecule has 1 atom stereocenters. The summed E-state index contributed by atoms with van der Waals surface area (Å²) in [5, 5.41) is 0. The largest absolute Gasteiger partial charge is 0.486 e. The number of fused-ring (bicyclic) bond motifs is 2. The molecule has 4 aromatic rings. The molecular formula is C28H27N3O3. The average Bonchev–Trinajstić information content (AvgIpc) is 3.41. The molecule has 34 heavy (non-hydrogen) atoms. The van der Waals surface area contributed by atoms with Crippen LogP contribution in [0.4, 0.5) is 5.69 Å². The first-order chi connectivity index (χ1) is 16.6. The quantitative estimate of drug-likeness (QED) is 0.437. The van der Waals surface area contributed by atoms with Gasteiger partial charge in [0, 0.05) is 37.2 Å². The second-order valence-electron chi connectivity index (χ2n) is 9.21. The summed E-state index contributed by atoms with van der Waals surface area (Å²) in [5.41, 5.74) is 6.69. The molecule has 0 N–H and O–H groups in total. The van der Waals surface area contributed by atoms with Crippen LogP contribution in [0.15, 0.2) is 60.7 Å². The highest BCUT2D eigenvalue weighted by molar-refractivity contribution is 5.97. The van der Waals surface area contributed by atoms with Gasteiger partial charge < -0.3 is 18.9 Å². The molecule has 0 saturated carbocycles. The van der Waals surface area contributed by atoms with Crippen molar-refractivity contribution < 1.29 is 14.3 Å². The van der Waals surface area contributed by atoms with Gasteiger partial charge in [-0.15, -0.1) is 0 Å². The normalized spacial score (nSPS) is 17.5. The fourth-order valence-corrected chi connectivity index (χ4v) is 5.04. The molecule has 3 aromatic carbocycles. The van der Waals surface area contributed by atoms with E-state index >= 15 is 0 Å². The van der Waals surface area contributed by atoms with Crippen LogP contribution in [-0.4, -0.2) is 35.2 Å². The maximum Gasteiger partial charge on any atom is 0.227 e. The van der Waals surface area contributed by atoms with Crippen molar-refractivity contribution in [3.8, 4) is 11.5 Å². The Labute approximate surface area is 198 Å². The number of aromatic nitrogens is 2. The van der Waals surface area contributed by atoms with Crippen molar-refractivity contribution in [3.05, 3.63) is 83.2 Å². The molecule has 0 bridgehead atoms. The Morgan fingerprint density at radius 1 is 0.971 bits per heavy atom. The number of amides is 1. The van der Waals surface area contributed by atoms with Gasteiger partial charge in [0.15, 0.2) is 11.5 Å². The van der Waals surface area contributed by atoms with Crippen molar-refractivity contribution in [3.63, 3.8) is 0 Å². The van der Waals surface area contributed by atoms with Crippen molar-refractivity contribution in [2.45, 2.75) is 32.7 Å². The van der Waals surface area contributed by atoms with Gasteiger partial charge in [-0.3, -0.25) is 4.79 Å². The number of rotatable bonds is 4. The van der Waals surface area contributed by atoms with Crippen LogP contribution in [0.3, 0.4) is 0 Å². The standard InChI is InChI=1S/C28H27N3O3/c1-18-7-8-19(2)20(13-18)16-31-24-6-4-3-5-23(24)29-28(31)21-14-27(32)30(17-21)22-9-10-25-26(15-22)34-12-11-33-25/h3-10,13,15,21H,11-12,14,16-17H2,1-2H3. The third-order valence-electron chi connectivity index (χ3n) is 6.84. The number of imidazole rings is 1. The maximum atomic E-state index is 13.1. The van der Waals surface area contributed by atoms with Gasteiger partial charge in [-0.1, -0.05) is 35.9 Å². The molecule has 6 rings (SSSR count). The van der Waals surface area contributed by atoms with Crippen molar-refractivity contribution in [2.24, 2.45) is 0 Å². The summed E-state index contributed by atoms with van der Waals surface area (Å²) in [7, 11) is 0. The van der Waals surface area contributed by atoms with Crippen molar-refractivity contribution in [1.82, 2.24) is 9.55 Å². The van der Waals surface area contributed by atoms with E-state index in [-0.39, 0.29) is 11.8 Å². The molecule has 1 fully saturated rings. The molecule has 1 unspecified atom stereocenters. The van der Waals surface area contributed by atoms with E-state index in [1.165, 1.54) is 16.7 Å². The lowest BCUT2D eigenvalue weighted by Gasteiger charge is -2.22. The monoisotopic (exact) mass is 453 g/mol. The summed E-state index contributed by atoms with van der Waals surface area (Å²) in [6.45, 7) is 6.67. The molecule has 1 amide bonds. The number of benzene rings is 3. The van der Waals surface area contributed by atoms with Gasteiger partial charge in [0.05, 0.1) is 11.0 Å². The Morgan fingerprint density at radius 2 is 1.79 bits per heavy atom. The number of para-hydroxylation sites is 2. The number of carbonyl (C=O) groups is 1. The smallest absolute Gasteiger partial charge is 0.227 e. The predicted molar refractivity (Wildman–Crippen MR) is 132 cm³/mol. The van der Waals surface area contributed by atoms with Crippen molar-refractivity contribution >= 4 is 22.6 Å². The summed E-state index contributed by atoms with van der Waals surface area (Å²) < 4.78 is 13.7. The van der Waals surface area contributed by atoms with E-state index in [2.05, 4.69) is 48.7 Å². The molecule has 2 aliphatic rings. The second-order valence-corrected chi connectivity index (χ2v) is 9.21. The number of aryl methyl sites for hydroxylation is 2. The molecule has 2 aliphatic heterocycles. The summed E-state index contributed by atoms with van der Waals surface area (Å²) in [6.07, 6.45) is 0.435. The number of anilines is 1. The van der Waals surface area contributed by atoms with Crippen LogP contribution in [0.2, 0.25) is 0 Å². The van der Waals surface area contributed by atoms with E-state index < -0.39 is 0 Å². The van der Waals surface area contributed by atoms with E-state index in [0.29, 0.717) is 31.9 Å². The van der Waals surface area contributed by atoms with Gasteiger partial charge in [-0.25, -0.2) is 4.98 Å². The molecule has 3 heterocycles. The van der Waals surface area contributed by atoms with Crippen LogP contribution in [0.25, 0.3) is 11.0 Å². The van der Waals surface area contributed by atoms with Gasteiger partial charge in [-0.05, 0) is 49.2 Å². The first kappa shape index (κ1) is 20.8. The number of hydrogen-bond acceptors (Lipinski definition) is 4. The van der Waals surface area contributed by atoms with E-state index in [1.54, 1.807) is 0 Å². The van der Waals surface area contributed by atoms with Gasteiger partial charge in [0.25, 0.3) is 0 Å². The molecule has 6 nitrogen and oxygen atoms in total. The van der Waals surface area contributed by atoms with Crippen LogP contribution in [0, 0.1) is 13.8 Å². The molecule has 1 aromatic heterocycles. The summed E-state index contributed by atoms with van der Waals surface area (Å²) >= 11 is 0. The third kappa shape index (κ3) is 3.59.